The average Bonchev–Trinajstić information content (AvgIpc) is 2.73. The van der Waals surface area contributed by atoms with Gasteiger partial charge in [0.1, 0.15) is 5.75 Å². The molecule has 4 rings (SSSR count). The summed E-state index contributed by atoms with van der Waals surface area (Å²) in [5.41, 5.74) is 3.52. The van der Waals surface area contributed by atoms with Gasteiger partial charge in [-0.25, -0.2) is 0 Å². The molecule has 1 aromatic carbocycles. The lowest BCUT2D eigenvalue weighted by Crippen LogP contribution is -2.54. The van der Waals surface area contributed by atoms with E-state index in [9.17, 15) is 10.0 Å². The molecular formula is C26H32NO4-. The first-order valence-electron chi connectivity index (χ1n) is 11.2. The molecule has 4 unspecified atom stereocenters. The third-order valence-electron chi connectivity index (χ3n) is 8.09. The van der Waals surface area contributed by atoms with Gasteiger partial charge in [0.25, 0.3) is 0 Å². The largest absolute Gasteiger partial charge is 0.733 e. The minimum atomic E-state index is -0.562. The van der Waals surface area contributed by atoms with Gasteiger partial charge in [-0.05, 0) is 98.6 Å². The lowest BCUT2D eigenvalue weighted by atomic mass is 9.47. The fourth-order valence-electron chi connectivity index (χ4n) is 6.31. The molecule has 166 valence electrons. The maximum atomic E-state index is 13.4. The van der Waals surface area contributed by atoms with Crippen molar-refractivity contribution in [1.82, 2.24) is 0 Å². The zero-order valence-electron chi connectivity index (χ0n) is 18.7. The number of anilines is 1. The Balaban J connectivity index is 1.59. The summed E-state index contributed by atoms with van der Waals surface area (Å²) in [6.07, 6.45) is 10.7. The van der Waals surface area contributed by atoms with E-state index in [2.05, 4.69) is 39.5 Å². The lowest BCUT2D eigenvalue weighted by Gasteiger charge is -2.57. The molecule has 0 aliphatic heterocycles. The first-order chi connectivity index (χ1) is 14.6. The standard InChI is InChI=1S/C26H32NO4/c1-17(2)18-6-12-22-19(16-18)7-13-23-25(22,3)14-5-15-26(23,4)24(28)31-21-10-8-20(9-11-21)27(29)30/h7-11,16,22-23,29H,1,5-6,12-15H2,2-4H3/q-1. The molecule has 0 bridgehead atoms. The maximum absolute atomic E-state index is 13.4. The van der Waals surface area contributed by atoms with E-state index in [4.69, 9.17) is 9.94 Å². The summed E-state index contributed by atoms with van der Waals surface area (Å²) in [7, 11) is 0. The Morgan fingerprint density at radius 2 is 1.97 bits per heavy atom. The van der Waals surface area contributed by atoms with E-state index in [0.29, 0.717) is 11.7 Å². The molecule has 1 saturated carbocycles. The molecule has 0 radical (unpaired) electrons. The Bertz CT molecular complexity index is 945. The number of ether oxygens (including phenoxy) is 1. The van der Waals surface area contributed by atoms with Crippen LogP contribution in [-0.4, -0.2) is 11.2 Å². The molecule has 31 heavy (non-hydrogen) atoms. The number of carbonyl (C=O) groups is 1. The van der Waals surface area contributed by atoms with E-state index in [-0.39, 0.29) is 28.2 Å². The highest BCUT2D eigenvalue weighted by Crippen LogP contribution is 2.62. The van der Waals surface area contributed by atoms with Crippen LogP contribution in [-0.2, 0) is 4.79 Å². The van der Waals surface area contributed by atoms with Gasteiger partial charge in [0, 0.05) is 0 Å². The number of nitrogens with zero attached hydrogens (tertiary/aromatic N) is 1. The molecule has 0 aromatic heterocycles. The molecule has 0 saturated heterocycles. The molecular weight excluding hydrogens is 390 g/mol. The van der Waals surface area contributed by atoms with Gasteiger partial charge in [-0.2, -0.15) is 0 Å². The van der Waals surface area contributed by atoms with Gasteiger partial charge in [0.15, 0.2) is 0 Å². The van der Waals surface area contributed by atoms with Gasteiger partial charge >= 0.3 is 5.97 Å². The van der Waals surface area contributed by atoms with Crippen molar-refractivity contribution in [3.63, 3.8) is 0 Å². The fourth-order valence-corrected chi connectivity index (χ4v) is 6.31. The fraction of sp³-hybridized carbons (Fsp3) is 0.500. The Hall–Kier alpha value is -2.37. The summed E-state index contributed by atoms with van der Waals surface area (Å²) in [5.74, 6) is 0.880. The number of hydrogen-bond acceptors (Lipinski definition) is 5. The van der Waals surface area contributed by atoms with Crippen molar-refractivity contribution in [3.05, 3.63) is 64.9 Å². The molecule has 3 aliphatic carbocycles. The zero-order valence-corrected chi connectivity index (χ0v) is 18.7. The highest BCUT2D eigenvalue weighted by atomic mass is 16.8. The Kier molecular flexibility index (Phi) is 5.61. The molecule has 3 aliphatic rings. The lowest BCUT2D eigenvalue weighted by molar-refractivity contribution is -0.159. The molecule has 1 N–H and O–H groups in total. The second-order valence-electron chi connectivity index (χ2n) is 9.97. The van der Waals surface area contributed by atoms with Crippen molar-refractivity contribution in [2.45, 2.75) is 59.3 Å². The average molecular weight is 423 g/mol. The zero-order chi connectivity index (χ0) is 22.4. The summed E-state index contributed by atoms with van der Waals surface area (Å²) >= 11 is 0. The summed E-state index contributed by atoms with van der Waals surface area (Å²) in [6.45, 7) is 10.6. The molecule has 4 atom stereocenters. The first kappa shape index (κ1) is 21.8. The number of benzene rings is 1. The van der Waals surface area contributed by atoms with E-state index in [1.165, 1.54) is 23.3 Å². The smallest absolute Gasteiger partial charge is 0.317 e. The van der Waals surface area contributed by atoms with Gasteiger partial charge in [0.2, 0.25) is 0 Å². The van der Waals surface area contributed by atoms with E-state index in [1.807, 2.05) is 0 Å². The van der Waals surface area contributed by atoms with Crippen LogP contribution in [0.3, 0.4) is 0 Å². The normalized spacial score (nSPS) is 32.2. The molecule has 0 spiro atoms. The number of esters is 1. The molecule has 1 fully saturated rings. The van der Waals surface area contributed by atoms with Crippen molar-refractivity contribution in [2.75, 3.05) is 5.23 Å². The van der Waals surface area contributed by atoms with Crippen LogP contribution in [0.2, 0.25) is 0 Å². The van der Waals surface area contributed by atoms with Crippen LogP contribution < -0.4 is 9.96 Å². The number of carbonyl (C=O) groups excluding carboxylic acids is 1. The number of allylic oxidation sites excluding steroid dienone is 5. The quantitative estimate of drug-likeness (QED) is 0.348. The van der Waals surface area contributed by atoms with Gasteiger partial charge in [-0.1, -0.05) is 37.6 Å². The summed E-state index contributed by atoms with van der Waals surface area (Å²) < 4.78 is 5.78. The van der Waals surface area contributed by atoms with Crippen LogP contribution in [0.15, 0.2) is 59.7 Å². The SMILES string of the molecule is C=C(C)C1=CC2=CCC3C(C)(C(=O)Oc4ccc(N([O-])O)cc4)CCCC3(C)C2CC1. The minimum absolute atomic E-state index is 0.0665. The monoisotopic (exact) mass is 422 g/mol. The minimum Gasteiger partial charge on any atom is -0.733 e. The van der Waals surface area contributed by atoms with Crippen LogP contribution in [0.5, 0.6) is 5.75 Å². The van der Waals surface area contributed by atoms with E-state index in [1.54, 1.807) is 12.1 Å². The van der Waals surface area contributed by atoms with Crippen molar-refractivity contribution in [3.8, 4) is 5.75 Å². The summed E-state index contributed by atoms with van der Waals surface area (Å²) in [6, 6.07) is 5.96. The number of fused-ring (bicyclic) bond motifs is 3. The summed E-state index contributed by atoms with van der Waals surface area (Å²) in [5, 5.41) is 19.8. The second-order valence-corrected chi connectivity index (χ2v) is 9.97. The molecule has 5 heteroatoms. The van der Waals surface area contributed by atoms with Gasteiger partial charge in [-0.15, -0.1) is 0 Å². The van der Waals surface area contributed by atoms with E-state index in [0.717, 1.165) is 44.1 Å². The third-order valence-corrected chi connectivity index (χ3v) is 8.09. The number of hydrogen-bond donors (Lipinski definition) is 1. The first-order valence-corrected chi connectivity index (χ1v) is 11.2. The van der Waals surface area contributed by atoms with Crippen LogP contribution in [0, 0.1) is 27.9 Å². The molecule has 0 heterocycles. The molecule has 5 nitrogen and oxygen atoms in total. The van der Waals surface area contributed by atoms with Gasteiger partial charge < -0.3 is 15.2 Å². The van der Waals surface area contributed by atoms with E-state index < -0.39 is 5.41 Å². The van der Waals surface area contributed by atoms with Crippen molar-refractivity contribution >= 4 is 11.7 Å². The molecule has 1 aromatic rings. The molecule has 0 amide bonds. The van der Waals surface area contributed by atoms with Gasteiger partial charge in [0.05, 0.1) is 11.1 Å². The van der Waals surface area contributed by atoms with Gasteiger partial charge in [-0.3, -0.25) is 10.0 Å². The van der Waals surface area contributed by atoms with Crippen molar-refractivity contribution in [1.29, 1.82) is 0 Å². The predicted molar refractivity (Wildman–Crippen MR) is 122 cm³/mol. The third kappa shape index (κ3) is 3.74. The number of rotatable bonds is 4. The van der Waals surface area contributed by atoms with Crippen LogP contribution >= 0.6 is 0 Å². The van der Waals surface area contributed by atoms with Crippen LogP contribution in [0.4, 0.5) is 5.69 Å². The topological polar surface area (TPSA) is 72.8 Å². The van der Waals surface area contributed by atoms with Crippen molar-refractivity contribution in [2.24, 2.45) is 22.7 Å². The maximum Gasteiger partial charge on any atom is 0.317 e. The highest BCUT2D eigenvalue weighted by molar-refractivity contribution is 5.79. The second kappa shape index (κ2) is 7.95. The van der Waals surface area contributed by atoms with Crippen LogP contribution in [0.25, 0.3) is 0 Å². The highest BCUT2D eigenvalue weighted by Gasteiger charge is 2.57. The Labute approximate surface area is 184 Å². The Morgan fingerprint density at radius 3 is 2.61 bits per heavy atom. The van der Waals surface area contributed by atoms with E-state index >= 15 is 0 Å². The van der Waals surface area contributed by atoms with Crippen LogP contribution in [0.1, 0.15) is 59.3 Å². The predicted octanol–water partition coefficient (Wildman–Crippen LogP) is 6.34. The van der Waals surface area contributed by atoms with Crippen molar-refractivity contribution < 1.29 is 14.7 Å². The summed E-state index contributed by atoms with van der Waals surface area (Å²) in [4.78, 5) is 13.4. The Morgan fingerprint density at radius 1 is 1.26 bits per heavy atom.